The number of esters is 2. The number of allylic oxidation sites excluding steroid dienone is 2. The molecule has 0 saturated heterocycles. The van der Waals surface area contributed by atoms with Crippen LogP contribution in [0.2, 0.25) is 0 Å². The first kappa shape index (κ1) is 20.1. The maximum atomic E-state index is 12.9. The Kier molecular flexibility index (Phi) is 8.40. The number of unbranched alkanes of at least 4 members (excludes halogenated alkanes) is 1. The molecule has 1 unspecified atom stereocenters. The van der Waals surface area contributed by atoms with Crippen LogP contribution in [0.5, 0.6) is 0 Å². The van der Waals surface area contributed by atoms with Crippen molar-refractivity contribution in [2.75, 3.05) is 14.2 Å². The van der Waals surface area contributed by atoms with E-state index in [4.69, 9.17) is 0 Å². The predicted molar refractivity (Wildman–Crippen MR) is 92.7 cm³/mol. The second-order valence-corrected chi connectivity index (χ2v) is 6.88. The first-order valence-corrected chi connectivity index (χ1v) is 8.92. The molecule has 0 amide bonds. The van der Waals surface area contributed by atoms with Gasteiger partial charge in [0.25, 0.3) is 0 Å². The number of ether oxygens (including phenoxy) is 2. The summed E-state index contributed by atoms with van der Waals surface area (Å²) in [6.07, 6.45) is 3.42. The Morgan fingerprint density at radius 2 is 1.67 bits per heavy atom. The van der Waals surface area contributed by atoms with Crippen molar-refractivity contribution in [3.63, 3.8) is 0 Å². The average Bonchev–Trinajstić information content (AvgIpc) is 2.60. The molecule has 0 bridgehead atoms. The molecular weight excluding hydrogens is 328 g/mol. The molecule has 1 aromatic rings. The lowest BCUT2D eigenvalue weighted by molar-refractivity contribution is -0.158. The molecule has 0 aliphatic carbocycles. The summed E-state index contributed by atoms with van der Waals surface area (Å²) in [5.41, 5.74) is 1.07. The van der Waals surface area contributed by atoms with Crippen LogP contribution in [-0.2, 0) is 29.9 Å². The summed E-state index contributed by atoms with van der Waals surface area (Å²) in [4.78, 5) is 24.9. The number of benzene rings is 1. The standard InChI is InChI=1S/C18H24O5S/c1-5-6-7-15(12-16(17(19)22-3)18(20)23-4)24(21)14-10-8-13(2)9-11-14/h7-11,16H,5-6,12H2,1-4H3/b15-7-. The van der Waals surface area contributed by atoms with Crippen LogP contribution < -0.4 is 0 Å². The molecule has 1 rings (SSSR count). The van der Waals surface area contributed by atoms with E-state index in [0.717, 1.165) is 12.0 Å². The third-order valence-corrected chi connectivity index (χ3v) is 5.02. The van der Waals surface area contributed by atoms with Crippen LogP contribution in [-0.4, -0.2) is 30.4 Å². The van der Waals surface area contributed by atoms with Crippen molar-refractivity contribution >= 4 is 22.7 Å². The van der Waals surface area contributed by atoms with Gasteiger partial charge >= 0.3 is 11.9 Å². The Morgan fingerprint density at radius 3 is 2.12 bits per heavy atom. The second-order valence-electron chi connectivity index (χ2n) is 5.34. The zero-order chi connectivity index (χ0) is 18.1. The Labute approximate surface area is 145 Å². The summed E-state index contributed by atoms with van der Waals surface area (Å²) in [6.45, 7) is 3.95. The van der Waals surface area contributed by atoms with Gasteiger partial charge in [0.05, 0.1) is 25.0 Å². The quantitative estimate of drug-likeness (QED) is 0.531. The molecule has 132 valence electrons. The number of rotatable bonds is 8. The van der Waals surface area contributed by atoms with Gasteiger partial charge in [-0.1, -0.05) is 37.1 Å². The van der Waals surface area contributed by atoms with E-state index in [1.807, 2.05) is 32.1 Å². The minimum atomic E-state index is -1.44. The van der Waals surface area contributed by atoms with Gasteiger partial charge in [-0.2, -0.15) is 0 Å². The number of aryl methyl sites for hydroxylation is 1. The van der Waals surface area contributed by atoms with E-state index in [1.165, 1.54) is 14.2 Å². The van der Waals surface area contributed by atoms with Crippen LogP contribution >= 0.6 is 0 Å². The van der Waals surface area contributed by atoms with Gasteiger partial charge in [0.15, 0.2) is 5.92 Å². The Hall–Kier alpha value is -1.95. The fourth-order valence-corrected chi connectivity index (χ4v) is 3.38. The molecule has 1 atom stereocenters. The number of methoxy groups -OCH3 is 2. The summed E-state index contributed by atoms with van der Waals surface area (Å²) < 4.78 is 22.2. The fraction of sp³-hybridized carbons (Fsp3) is 0.444. The lowest BCUT2D eigenvalue weighted by Gasteiger charge is -2.15. The summed E-state index contributed by atoms with van der Waals surface area (Å²) in [5, 5.41) is 0. The van der Waals surface area contributed by atoms with Gasteiger partial charge in [-0.15, -0.1) is 0 Å². The first-order chi connectivity index (χ1) is 11.4. The minimum absolute atomic E-state index is 0.0137. The van der Waals surface area contributed by atoms with Gasteiger partial charge in [-0.05, 0) is 25.5 Å². The number of hydrogen-bond donors (Lipinski definition) is 0. The van der Waals surface area contributed by atoms with Crippen molar-refractivity contribution in [1.29, 1.82) is 0 Å². The molecule has 0 radical (unpaired) electrons. The maximum absolute atomic E-state index is 12.9. The zero-order valence-corrected chi connectivity index (χ0v) is 15.4. The molecule has 0 spiro atoms. The monoisotopic (exact) mass is 352 g/mol. The summed E-state index contributed by atoms with van der Waals surface area (Å²) >= 11 is 0. The van der Waals surface area contributed by atoms with E-state index in [0.29, 0.717) is 16.2 Å². The maximum Gasteiger partial charge on any atom is 0.320 e. The van der Waals surface area contributed by atoms with E-state index in [-0.39, 0.29) is 6.42 Å². The molecule has 0 aliphatic heterocycles. The molecule has 0 fully saturated rings. The topological polar surface area (TPSA) is 69.7 Å². The zero-order valence-electron chi connectivity index (χ0n) is 14.5. The molecule has 0 N–H and O–H groups in total. The molecule has 5 nitrogen and oxygen atoms in total. The van der Waals surface area contributed by atoms with Crippen LogP contribution in [0.25, 0.3) is 0 Å². The molecule has 0 aromatic heterocycles. The summed E-state index contributed by atoms with van der Waals surface area (Å²) in [5.74, 6) is -2.49. The van der Waals surface area contributed by atoms with Crippen molar-refractivity contribution in [2.24, 2.45) is 5.92 Å². The van der Waals surface area contributed by atoms with E-state index < -0.39 is 28.7 Å². The van der Waals surface area contributed by atoms with Gasteiger partial charge < -0.3 is 9.47 Å². The second kappa shape index (κ2) is 10.0. The van der Waals surface area contributed by atoms with Gasteiger partial charge in [0.1, 0.15) is 0 Å². The van der Waals surface area contributed by atoms with Gasteiger partial charge in [0.2, 0.25) is 0 Å². The minimum Gasteiger partial charge on any atom is -0.468 e. The largest absolute Gasteiger partial charge is 0.468 e. The Balaban J connectivity index is 3.11. The number of hydrogen-bond acceptors (Lipinski definition) is 5. The van der Waals surface area contributed by atoms with Gasteiger partial charge in [-0.3, -0.25) is 9.59 Å². The van der Waals surface area contributed by atoms with E-state index in [2.05, 4.69) is 9.47 Å². The molecule has 0 aliphatic rings. The van der Waals surface area contributed by atoms with E-state index >= 15 is 0 Å². The van der Waals surface area contributed by atoms with Crippen molar-refractivity contribution < 1.29 is 23.3 Å². The van der Waals surface area contributed by atoms with Gasteiger partial charge in [0, 0.05) is 16.2 Å². The van der Waals surface area contributed by atoms with Crippen molar-refractivity contribution in [3.05, 3.63) is 40.8 Å². The van der Waals surface area contributed by atoms with E-state index in [1.54, 1.807) is 12.1 Å². The third-order valence-electron chi connectivity index (χ3n) is 3.51. The first-order valence-electron chi connectivity index (χ1n) is 7.77. The van der Waals surface area contributed by atoms with Gasteiger partial charge in [-0.25, -0.2) is 4.21 Å². The van der Waals surface area contributed by atoms with Crippen molar-refractivity contribution in [2.45, 2.75) is 38.0 Å². The molecule has 0 saturated carbocycles. The van der Waals surface area contributed by atoms with Crippen LogP contribution in [0.1, 0.15) is 31.7 Å². The molecule has 1 aromatic carbocycles. The van der Waals surface area contributed by atoms with Crippen LogP contribution in [0.15, 0.2) is 40.1 Å². The van der Waals surface area contributed by atoms with Crippen LogP contribution in [0.3, 0.4) is 0 Å². The molecular formula is C18H24O5S. The molecule has 24 heavy (non-hydrogen) atoms. The number of carbonyl (C=O) groups is 2. The Bertz CT molecular complexity index is 603. The predicted octanol–water partition coefficient (Wildman–Crippen LogP) is 3.14. The summed E-state index contributed by atoms with van der Waals surface area (Å²) in [7, 11) is 0.983. The lowest BCUT2D eigenvalue weighted by atomic mass is 10.1. The molecule has 0 heterocycles. The fourth-order valence-electron chi connectivity index (χ4n) is 2.10. The Morgan fingerprint density at radius 1 is 1.12 bits per heavy atom. The SMILES string of the molecule is CCC/C=C(/CC(C(=O)OC)C(=O)OC)S(=O)c1ccc(C)cc1. The highest BCUT2D eigenvalue weighted by Crippen LogP contribution is 2.24. The average molecular weight is 352 g/mol. The van der Waals surface area contributed by atoms with Crippen molar-refractivity contribution in [1.82, 2.24) is 0 Å². The van der Waals surface area contributed by atoms with Crippen molar-refractivity contribution in [3.8, 4) is 0 Å². The van der Waals surface area contributed by atoms with E-state index in [9.17, 15) is 13.8 Å². The van der Waals surface area contributed by atoms with Crippen LogP contribution in [0.4, 0.5) is 0 Å². The highest BCUT2D eigenvalue weighted by Gasteiger charge is 2.31. The third kappa shape index (κ3) is 5.60. The highest BCUT2D eigenvalue weighted by atomic mass is 32.2. The van der Waals surface area contributed by atoms with Crippen LogP contribution in [0, 0.1) is 12.8 Å². The summed E-state index contributed by atoms with van der Waals surface area (Å²) in [6, 6.07) is 7.33. The number of carbonyl (C=O) groups excluding carboxylic acids is 2. The molecule has 6 heteroatoms. The normalized spacial score (nSPS) is 12.8. The smallest absolute Gasteiger partial charge is 0.320 e. The lowest BCUT2D eigenvalue weighted by Crippen LogP contribution is -2.27. The highest BCUT2D eigenvalue weighted by molar-refractivity contribution is 7.89.